The third kappa shape index (κ3) is 14.0. The average Bonchev–Trinajstić information content (AvgIpc) is 3.25. The summed E-state index contributed by atoms with van der Waals surface area (Å²) in [7, 11) is 0. The van der Waals surface area contributed by atoms with Crippen molar-refractivity contribution in [2.75, 3.05) is 0 Å². The zero-order chi connectivity index (χ0) is 38.6. The second-order valence-electron chi connectivity index (χ2n) is 17.8. The molecule has 2 aliphatic carbocycles. The van der Waals surface area contributed by atoms with Crippen LogP contribution in [0.15, 0.2) is 109 Å². The molecule has 0 amide bonds. The number of benzene rings is 4. The van der Waals surface area contributed by atoms with Crippen LogP contribution in [0.25, 0.3) is 0 Å². The smallest absolute Gasteiger partial charge is 0.113 e. The molecule has 2 fully saturated rings. The lowest BCUT2D eigenvalue weighted by Gasteiger charge is -2.29. The Balaban J connectivity index is 0.988. The molecule has 2 aliphatic rings. The van der Waals surface area contributed by atoms with E-state index in [2.05, 4.69) is 123 Å². The van der Waals surface area contributed by atoms with Crippen LogP contribution in [0.4, 0.5) is 0 Å². The fourth-order valence-corrected chi connectivity index (χ4v) is 9.94. The van der Waals surface area contributed by atoms with E-state index in [0.717, 1.165) is 34.8 Å². The highest BCUT2D eigenvalue weighted by Gasteiger charge is 2.27. The van der Waals surface area contributed by atoms with Crippen molar-refractivity contribution >= 4 is 0 Å². The molecule has 2 saturated carbocycles. The molecular formula is C54H74O2. The van der Waals surface area contributed by atoms with Crippen LogP contribution in [-0.4, -0.2) is 0 Å². The highest BCUT2D eigenvalue weighted by atomic mass is 16.5. The largest absolute Gasteiger partial charge is 0.366 e. The minimum absolute atomic E-state index is 0.240. The summed E-state index contributed by atoms with van der Waals surface area (Å²) in [6, 6.07) is 39.7. The quantitative estimate of drug-likeness (QED) is 0.0702. The van der Waals surface area contributed by atoms with Gasteiger partial charge in [0.05, 0.1) is 13.2 Å². The number of ether oxygens (including phenoxy) is 2. The summed E-state index contributed by atoms with van der Waals surface area (Å²) in [4.78, 5) is 0. The van der Waals surface area contributed by atoms with Crippen molar-refractivity contribution in [3.05, 3.63) is 143 Å². The molecule has 2 nitrogen and oxygen atoms in total. The van der Waals surface area contributed by atoms with E-state index in [1.54, 1.807) is 0 Å². The van der Waals surface area contributed by atoms with Crippen molar-refractivity contribution < 1.29 is 9.47 Å². The van der Waals surface area contributed by atoms with Crippen LogP contribution in [0, 0.1) is 23.7 Å². The summed E-state index contributed by atoms with van der Waals surface area (Å²) in [6.07, 6.45) is 27.3. The Bertz CT molecular complexity index is 1460. The second-order valence-corrected chi connectivity index (χ2v) is 17.8. The van der Waals surface area contributed by atoms with Gasteiger partial charge < -0.3 is 9.47 Å². The van der Waals surface area contributed by atoms with Gasteiger partial charge in [-0.2, -0.15) is 0 Å². The van der Waals surface area contributed by atoms with Crippen molar-refractivity contribution in [3.63, 3.8) is 0 Å². The van der Waals surface area contributed by atoms with E-state index in [1.807, 2.05) is 0 Å². The van der Waals surface area contributed by atoms with Crippen LogP contribution in [0.3, 0.4) is 0 Å². The van der Waals surface area contributed by atoms with Gasteiger partial charge in [-0.25, -0.2) is 0 Å². The van der Waals surface area contributed by atoms with Gasteiger partial charge in [0.25, 0.3) is 0 Å². The minimum Gasteiger partial charge on any atom is -0.366 e. The van der Waals surface area contributed by atoms with Gasteiger partial charge in [0, 0.05) is 0 Å². The molecule has 4 aromatic rings. The van der Waals surface area contributed by atoms with Gasteiger partial charge in [-0.05, 0) is 82.7 Å². The molecule has 0 aliphatic heterocycles. The molecule has 0 bridgehead atoms. The maximum absolute atomic E-state index is 6.86. The summed E-state index contributed by atoms with van der Waals surface area (Å²) in [5.74, 6) is 3.96. The molecule has 4 aromatic carbocycles. The van der Waals surface area contributed by atoms with Gasteiger partial charge in [0.2, 0.25) is 0 Å². The molecule has 2 atom stereocenters. The fraction of sp³-hybridized carbons (Fsp3) is 0.556. The Labute approximate surface area is 342 Å². The van der Waals surface area contributed by atoms with Gasteiger partial charge in [-0.1, -0.05) is 226 Å². The molecule has 6 rings (SSSR count). The summed E-state index contributed by atoms with van der Waals surface area (Å²) in [5, 5.41) is 0. The SMILES string of the molecule is CCCC1CCC(CCCCc2ccc(COC(c3ccccc3)C(OCc3ccc(CCCCC4CCC(CCC)CC4)cc3)c3ccccc3)cc2)CC1. The minimum atomic E-state index is -0.240. The summed E-state index contributed by atoms with van der Waals surface area (Å²) in [5.41, 5.74) is 7.58. The first kappa shape index (κ1) is 42.4. The van der Waals surface area contributed by atoms with Crippen molar-refractivity contribution in [1.82, 2.24) is 0 Å². The standard InChI is InChI=1S/C54H74O2/c1-3-15-43-25-29-45(30-26-43)17-11-13-19-47-33-37-49(38-34-47)41-55-53(51-21-7-5-8-22-51)54(52-23-9-6-10-24-52)56-42-50-39-35-48(36-40-50)20-14-12-18-46-31-27-44(16-4-2)28-32-46/h5-10,21-24,33-40,43-46,53-54H,3-4,11-20,25-32,41-42H2,1-2H3. The Hall–Kier alpha value is -3.20. The molecule has 2 heteroatoms. The fourth-order valence-electron chi connectivity index (χ4n) is 9.94. The predicted molar refractivity (Wildman–Crippen MR) is 237 cm³/mol. The maximum atomic E-state index is 6.86. The van der Waals surface area contributed by atoms with Crippen LogP contribution >= 0.6 is 0 Å². The first-order chi connectivity index (χ1) is 27.7. The first-order valence-electron chi connectivity index (χ1n) is 23.2. The van der Waals surface area contributed by atoms with Crippen LogP contribution in [-0.2, 0) is 35.5 Å². The van der Waals surface area contributed by atoms with E-state index in [-0.39, 0.29) is 12.2 Å². The van der Waals surface area contributed by atoms with Crippen molar-refractivity contribution in [2.45, 2.75) is 168 Å². The highest BCUT2D eigenvalue weighted by Crippen LogP contribution is 2.38. The van der Waals surface area contributed by atoms with Gasteiger partial charge in [0.1, 0.15) is 12.2 Å². The molecule has 0 radical (unpaired) electrons. The number of hydrogen-bond donors (Lipinski definition) is 0. The second kappa shape index (κ2) is 23.9. The summed E-state index contributed by atoms with van der Waals surface area (Å²) >= 11 is 0. The monoisotopic (exact) mass is 755 g/mol. The Kier molecular flexibility index (Phi) is 18.1. The molecular weight excluding hydrogens is 681 g/mol. The van der Waals surface area contributed by atoms with Crippen molar-refractivity contribution in [2.24, 2.45) is 23.7 Å². The molecule has 2 unspecified atom stereocenters. The van der Waals surface area contributed by atoms with E-state index in [1.165, 1.54) is 151 Å². The Morgan fingerprint density at radius 1 is 0.393 bits per heavy atom. The van der Waals surface area contributed by atoms with E-state index in [9.17, 15) is 0 Å². The predicted octanol–water partition coefficient (Wildman–Crippen LogP) is 15.5. The maximum Gasteiger partial charge on any atom is 0.113 e. The lowest BCUT2D eigenvalue weighted by Crippen LogP contribution is -2.18. The third-order valence-electron chi connectivity index (χ3n) is 13.4. The number of rotatable bonds is 23. The van der Waals surface area contributed by atoms with Gasteiger partial charge in [-0.3, -0.25) is 0 Å². The molecule has 0 N–H and O–H groups in total. The Morgan fingerprint density at radius 2 is 0.714 bits per heavy atom. The lowest BCUT2D eigenvalue weighted by molar-refractivity contribution is -0.0908. The van der Waals surface area contributed by atoms with Crippen LogP contribution in [0.2, 0.25) is 0 Å². The van der Waals surface area contributed by atoms with E-state index in [4.69, 9.17) is 9.47 Å². The van der Waals surface area contributed by atoms with Gasteiger partial charge in [-0.15, -0.1) is 0 Å². The summed E-state index contributed by atoms with van der Waals surface area (Å²) in [6.45, 7) is 5.76. The number of aryl methyl sites for hydroxylation is 2. The lowest BCUT2D eigenvalue weighted by atomic mass is 9.78. The molecule has 0 aromatic heterocycles. The zero-order valence-corrected chi connectivity index (χ0v) is 35.2. The van der Waals surface area contributed by atoms with E-state index in [0.29, 0.717) is 13.2 Å². The first-order valence-corrected chi connectivity index (χ1v) is 23.2. The van der Waals surface area contributed by atoms with Crippen LogP contribution in [0.5, 0.6) is 0 Å². The highest BCUT2D eigenvalue weighted by molar-refractivity contribution is 5.27. The van der Waals surface area contributed by atoms with E-state index >= 15 is 0 Å². The molecule has 0 saturated heterocycles. The molecule has 0 heterocycles. The number of unbranched alkanes of at least 4 members (excludes halogenated alkanes) is 2. The van der Waals surface area contributed by atoms with Crippen molar-refractivity contribution in [3.8, 4) is 0 Å². The van der Waals surface area contributed by atoms with Gasteiger partial charge in [0.15, 0.2) is 0 Å². The summed E-state index contributed by atoms with van der Waals surface area (Å²) < 4.78 is 13.7. The van der Waals surface area contributed by atoms with Crippen molar-refractivity contribution in [1.29, 1.82) is 0 Å². The average molecular weight is 755 g/mol. The molecule has 302 valence electrons. The topological polar surface area (TPSA) is 18.5 Å². The van der Waals surface area contributed by atoms with Crippen LogP contribution < -0.4 is 0 Å². The number of hydrogen-bond acceptors (Lipinski definition) is 2. The molecule has 0 spiro atoms. The molecule has 56 heavy (non-hydrogen) atoms. The normalized spacial score (nSPS) is 21.1. The van der Waals surface area contributed by atoms with Gasteiger partial charge >= 0.3 is 0 Å². The Morgan fingerprint density at radius 3 is 1.05 bits per heavy atom. The zero-order valence-electron chi connectivity index (χ0n) is 35.2. The van der Waals surface area contributed by atoms with Crippen LogP contribution in [0.1, 0.15) is 175 Å². The third-order valence-corrected chi connectivity index (χ3v) is 13.4. The van der Waals surface area contributed by atoms with E-state index < -0.39 is 0 Å².